The van der Waals surface area contributed by atoms with Crippen LogP contribution in [-0.2, 0) is 11.2 Å². The number of benzene rings is 1. The van der Waals surface area contributed by atoms with Gasteiger partial charge in [-0.15, -0.1) is 12.4 Å². The first-order valence-electron chi connectivity index (χ1n) is 12.2. The van der Waals surface area contributed by atoms with Crippen LogP contribution in [0.2, 0.25) is 0 Å². The number of phenolic OH excluding ortho intramolecular Hbond substituents is 2. The van der Waals surface area contributed by atoms with Crippen molar-refractivity contribution in [1.29, 1.82) is 0 Å². The average molecular weight is 505 g/mol. The summed E-state index contributed by atoms with van der Waals surface area (Å²) in [4.78, 5) is 16.5. The molecule has 8 heteroatoms. The van der Waals surface area contributed by atoms with Crippen LogP contribution in [0.5, 0.6) is 11.5 Å². The number of nitrogens with zero attached hydrogens (tertiary/aromatic N) is 2. The number of carbonyl (C=O) groups excluding carboxylic acids is 1. The van der Waals surface area contributed by atoms with Gasteiger partial charge in [0.15, 0.2) is 11.5 Å². The highest BCUT2D eigenvalue weighted by molar-refractivity contribution is 5.91. The fourth-order valence-electron chi connectivity index (χ4n) is 5.77. The molecule has 0 saturated carbocycles. The van der Waals surface area contributed by atoms with Gasteiger partial charge in [-0.3, -0.25) is 9.69 Å². The number of fused-ring (bicyclic) bond motifs is 4. The minimum atomic E-state index is -1.04. The monoisotopic (exact) mass is 504 g/mol. The first-order chi connectivity index (χ1) is 16.2. The fourth-order valence-corrected chi connectivity index (χ4v) is 5.77. The van der Waals surface area contributed by atoms with Crippen molar-refractivity contribution in [3.8, 4) is 11.5 Å². The van der Waals surface area contributed by atoms with Crippen molar-refractivity contribution in [3.05, 3.63) is 53.5 Å². The summed E-state index contributed by atoms with van der Waals surface area (Å²) in [5, 5.41) is 32.9. The van der Waals surface area contributed by atoms with Gasteiger partial charge in [-0.25, -0.2) is 0 Å². The lowest BCUT2D eigenvalue weighted by molar-refractivity contribution is -0.126. The quantitative estimate of drug-likeness (QED) is 0.369. The molecule has 1 aliphatic carbocycles. The molecule has 1 saturated heterocycles. The molecule has 4 rings (SSSR count). The van der Waals surface area contributed by atoms with E-state index >= 15 is 0 Å². The predicted molar refractivity (Wildman–Crippen MR) is 138 cm³/mol. The molecule has 1 fully saturated rings. The van der Waals surface area contributed by atoms with E-state index in [9.17, 15) is 20.1 Å². The van der Waals surface area contributed by atoms with Gasteiger partial charge in [0.2, 0.25) is 5.91 Å². The minimum absolute atomic E-state index is 0. The van der Waals surface area contributed by atoms with Crippen molar-refractivity contribution in [1.82, 2.24) is 9.80 Å². The molecule has 0 radical (unpaired) electrons. The van der Waals surface area contributed by atoms with E-state index in [1.807, 2.05) is 6.07 Å². The third-order valence-electron chi connectivity index (χ3n) is 7.38. The molecule has 2 aliphatic rings. The molecule has 1 aromatic heterocycles. The number of aromatic hydroxyl groups is 2. The highest BCUT2D eigenvalue weighted by Gasteiger charge is 2.54. The maximum Gasteiger partial charge on any atom is 0.246 e. The molecule has 192 valence electrons. The summed E-state index contributed by atoms with van der Waals surface area (Å²) in [7, 11) is 1.76. The number of amides is 1. The third kappa shape index (κ3) is 5.52. The fraction of sp³-hybridized carbons (Fsp3) is 0.519. The lowest BCUT2D eigenvalue weighted by Gasteiger charge is -2.55. The van der Waals surface area contributed by atoms with Crippen LogP contribution in [0.4, 0.5) is 0 Å². The molecule has 2 aromatic rings. The van der Waals surface area contributed by atoms with Crippen LogP contribution < -0.4 is 0 Å². The number of aliphatic hydroxyl groups is 1. The number of halogens is 1. The summed E-state index contributed by atoms with van der Waals surface area (Å²) < 4.78 is 5.02. The summed E-state index contributed by atoms with van der Waals surface area (Å²) in [6.07, 6.45) is 8.87. The van der Waals surface area contributed by atoms with Crippen molar-refractivity contribution in [3.63, 3.8) is 0 Å². The number of carbonyl (C=O) groups is 1. The Morgan fingerprint density at radius 3 is 2.77 bits per heavy atom. The Hall–Kier alpha value is -2.48. The van der Waals surface area contributed by atoms with Gasteiger partial charge >= 0.3 is 0 Å². The van der Waals surface area contributed by atoms with Crippen LogP contribution in [0.3, 0.4) is 0 Å². The van der Waals surface area contributed by atoms with Crippen molar-refractivity contribution in [2.75, 3.05) is 26.7 Å². The zero-order chi connectivity index (χ0) is 24.5. The van der Waals surface area contributed by atoms with Crippen LogP contribution in [0.25, 0.3) is 6.08 Å². The van der Waals surface area contributed by atoms with Crippen molar-refractivity contribution in [2.45, 2.75) is 57.1 Å². The standard InChI is InChI=1S/C27H36N2O5.ClH/c1-18(2)16-29-13-9-21-25-20(6-7-22(30)26(25)32)15-23(29)27(21,33)11-4-12-28(3)24(31)8-5-19-10-14-34-17-19;/h5-8,10,14,17-18,21,23,30,32-33H,4,9,11-13,15-16H2,1-3H3;1H/b8-5+;/t21-,23+,27-;/m0./s1. The van der Waals surface area contributed by atoms with Crippen LogP contribution in [0.1, 0.15) is 55.7 Å². The van der Waals surface area contributed by atoms with Gasteiger partial charge in [-0.05, 0) is 61.9 Å². The summed E-state index contributed by atoms with van der Waals surface area (Å²) in [5.74, 6) is -0.126. The Labute approximate surface area is 213 Å². The van der Waals surface area contributed by atoms with Gasteiger partial charge in [-0.2, -0.15) is 0 Å². The second-order valence-corrected chi connectivity index (χ2v) is 10.2. The average Bonchev–Trinajstić information content (AvgIpc) is 3.30. The molecule has 0 spiro atoms. The van der Waals surface area contributed by atoms with Crippen LogP contribution >= 0.6 is 12.4 Å². The third-order valence-corrected chi connectivity index (χ3v) is 7.38. The summed E-state index contributed by atoms with van der Waals surface area (Å²) in [6, 6.07) is 5.14. The molecule has 1 aliphatic heterocycles. The molecular formula is C27H37ClN2O5. The number of piperidine rings is 1. The van der Waals surface area contributed by atoms with Crippen molar-refractivity contribution < 1.29 is 24.5 Å². The van der Waals surface area contributed by atoms with E-state index in [1.54, 1.807) is 42.7 Å². The Morgan fingerprint density at radius 2 is 2.09 bits per heavy atom. The van der Waals surface area contributed by atoms with Crippen LogP contribution in [0, 0.1) is 5.92 Å². The molecular weight excluding hydrogens is 468 g/mol. The molecule has 3 N–H and O–H groups in total. The van der Waals surface area contributed by atoms with Crippen LogP contribution in [-0.4, -0.2) is 69.4 Å². The second-order valence-electron chi connectivity index (χ2n) is 10.2. The Balaban J connectivity index is 0.00000342. The lowest BCUT2D eigenvalue weighted by Crippen LogP contribution is -2.64. The maximum absolute atomic E-state index is 12.5. The largest absolute Gasteiger partial charge is 0.504 e. The number of rotatable bonds is 8. The van der Waals surface area contributed by atoms with E-state index in [1.165, 1.54) is 6.08 Å². The Kier molecular flexibility index (Phi) is 8.57. The highest BCUT2D eigenvalue weighted by atomic mass is 35.5. The van der Waals surface area contributed by atoms with Gasteiger partial charge in [0.25, 0.3) is 0 Å². The van der Waals surface area contributed by atoms with E-state index in [0.29, 0.717) is 43.7 Å². The molecule has 0 unspecified atom stereocenters. The summed E-state index contributed by atoms with van der Waals surface area (Å²) in [6.45, 7) is 6.63. The molecule has 3 atom stereocenters. The summed E-state index contributed by atoms with van der Waals surface area (Å²) in [5.41, 5.74) is 1.48. The van der Waals surface area contributed by atoms with Gasteiger partial charge < -0.3 is 24.6 Å². The zero-order valence-electron chi connectivity index (χ0n) is 20.7. The molecule has 35 heavy (non-hydrogen) atoms. The Bertz CT molecular complexity index is 1040. The molecule has 1 amide bonds. The van der Waals surface area contributed by atoms with Gasteiger partial charge in [-0.1, -0.05) is 19.9 Å². The van der Waals surface area contributed by atoms with E-state index in [4.69, 9.17) is 4.42 Å². The SMILES string of the molecule is CC(C)CN1CC[C@H]2c3c(ccc(O)c3O)C[C@@H]1[C@]2(O)CCCN(C)C(=O)/C=C/c1ccoc1.Cl. The van der Waals surface area contributed by atoms with E-state index in [0.717, 1.165) is 24.2 Å². The van der Waals surface area contributed by atoms with Gasteiger partial charge in [0.1, 0.15) is 0 Å². The number of likely N-dealkylation sites (tertiary alicyclic amines) is 1. The highest BCUT2D eigenvalue weighted by Crippen LogP contribution is 2.53. The lowest BCUT2D eigenvalue weighted by atomic mass is 9.62. The van der Waals surface area contributed by atoms with Gasteiger partial charge in [0.05, 0.1) is 18.1 Å². The Morgan fingerprint density at radius 1 is 1.31 bits per heavy atom. The smallest absolute Gasteiger partial charge is 0.246 e. The van der Waals surface area contributed by atoms with Gasteiger partial charge in [0, 0.05) is 49.3 Å². The normalized spacial score (nSPS) is 23.8. The van der Waals surface area contributed by atoms with E-state index in [2.05, 4.69) is 18.7 Å². The number of hydrogen-bond donors (Lipinski definition) is 3. The molecule has 2 bridgehead atoms. The van der Waals surface area contributed by atoms with E-state index in [-0.39, 0.29) is 41.8 Å². The van der Waals surface area contributed by atoms with Crippen molar-refractivity contribution >= 4 is 24.4 Å². The zero-order valence-corrected chi connectivity index (χ0v) is 21.5. The number of furan rings is 1. The predicted octanol–water partition coefficient (Wildman–Crippen LogP) is 4.17. The number of hydrogen-bond acceptors (Lipinski definition) is 6. The summed E-state index contributed by atoms with van der Waals surface area (Å²) >= 11 is 0. The first-order valence-corrected chi connectivity index (χ1v) is 12.2. The number of likely N-dealkylation sites (N-methyl/N-ethyl adjacent to an activating group) is 1. The topological polar surface area (TPSA) is 97.4 Å². The maximum atomic E-state index is 12.5. The minimum Gasteiger partial charge on any atom is -0.504 e. The molecule has 7 nitrogen and oxygen atoms in total. The van der Waals surface area contributed by atoms with E-state index < -0.39 is 5.60 Å². The molecule has 2 heterocycles. The molecule has 1 aromatic carbocycles. The van der Waals surface area contributed by atoms with Crippen molar-refractivity contribution in [2.24, 2.45) is 5.92 Å². The number of phenols is 2. The second kappa shape index (κ2) is 11.1. The van der Waals surface area contributed by atoms with Crippen LogP contribution in [0.15, 0.2) is 41.2 Å². The first kappa shape index (κ1) is 27.1.